The standard InChI is InChI=1S/C19H18ClN5O/c1-25(10-7-14-5-8-21-9-6-14)18-13-22-17(12-23-18)19(26)24-16-4-2-3-15(20)11-16/h2-6,8-9,11-13H,7,10H2,1H3,(H,24,26). The molecule has 0 saturated carbocycles. The molecule has 2 heterocycles. The second kappa shape index (κ2) is 8.40. The van der Waals surface area contributed by atoms with Gasteiger partial charge in [0.1, 0.15) is 11.5 Å². The van der Waals surface area contributed by atoms with Crippen LogP contribution in [0.25, 0.3) is 0 Å². The number of benzene rings is 1. The SMILES string of the molecule is CN(CCc1ccncc1)c1cnc(C(=O)Nc2cccc(Cl)c2)cn1. The second-order valence-electron chi connectivity index (χ2n) is 5.75. The van der Waals surface area contributed by atoms with Crippen LogP contribution in [0.15, 0.2) is 61.2 Å². The van der Waals surface area contributed by atoms with E-state index in [0.29, 0.717) is 16.5 Å². The van der Waals surface area contributed by atoms with E-state index in [1.165, 1.54) is 11.8 Å². The lowest BCUT2D eigenvalue weighted by Crippen LogP contribution is -2.22. The van der Waals surface area contributed by atoms with Gasteiger partial charge < -0.3 is 10.2 Å². The van der Waals surface area contributed by atoms with Crippen molar-refractivity contribution in [2.24, 2.45) is 0 Å². The summed E-state index contributed by atoms with van der Waals surface area (Å²) in [5, 5.41) is 3.30. The molecule has 3 rings (SSSR count). The number of nitrogens with zero attached hydrogens (tertiary/aromatic N) is 4. The molecule has 0 aliphatic heterocycles. The first-order valence-electron chi connectivity index (χ1n) is 8.11. The molecule has 0 atom stereocenters. The monoisotopic (exact) mass is 367 g/mol. The van der Waals surface area contributed by atoms with Crippen LogP contribution < -0.4 is 10.2 Å². The van der Waals surface area contributed by atoms with E-state index in [4.69, 9.17) is 11.6 Å². The Hall–Kier alpha value is -2.99. The molecule has 0 fully saturated rings. The van der Waals surface area contributed by atoms with Crippen LogP contribution in [0.3, 0.4) is 0 Å². The number of pyridine rings is 1. The number of carbonyl (C=O) groups is 1. The van der Waals surface area contributed by atoms with Crippen molar-refractivity contribution >= 4 is 29.0 Å². The number of nitrogens with one attached hydrogen (secondary N) is 1. The van der Waals surface area contributed by atoms with Crippen molar-refractivity contribution in [1.82, 2.24) is 15.0 Å². The molecule has 0 aliphatic rings. The zero-order valence-corrected chi connectivity index (χ0v) is 15.0. The number of anilines is 2. The van der Waals surface area contributed by atoms with Crippen molar-refractivity contribution in [3.63, 3.8) is 0 Å². The molecule has 0 radical (unpaired) electrons. The highest BCUT2D eigenvalue weighted by Crippen LogP contribution is 2.16. The molecule has 3 aromatic rings. The Balaban J connectivity index is 1.59. The van der Waals surface area contributed by atoms with Crippen molar-refractivity contribution in [2.45, 2.75) is 6.42 Å². The van der Waals surface area contributed by atoms with Gasteiger partial charge in [0, 0.05) is 36.7 Å². The minimum atomic E-state index is -0.328. The third-order valence-electron chi connectivity index (χ3n) is 3.83. The van der Waals surface area contributed by atoms with E-state index in [2.05, 4.69) is 20.3 Å². The summed E-state index contributed by atoms with van der Waals surface area (Å²) in [6.07, 6.45) is 7.50. The maximum Gasteiger partial charge on any atom is 0.275 e. The van der Waals surface area contributed by atoms with Crippen LogP contribution in [0.1, 0.15) is 16.1 Å². The van der Waals surface area contributed by atoms with Crippen LogP contribution in [0.2, 0.25) is 5.02 Å². The number of hydrogen-bond donors (Lipinski definition) is 1. The van der Waals surface area contributed by atoms with E-state index in [0.717, 1.165) is 13.0 Å². The second-order valence-corrected chi connectivity index (χ2v) is 6.19. The highest BCUT2D eigenvalue weighted by Gasteiger charge is 2.10. The van der Waals surface area contributed by atoms with E-state index in [1.54, 1.807) is 42.9 Å². The molecule has 132 valence electrons. The zero-order valence-electron chi connectivity index (χ0n) is 14.3. The van der Waals surface area contributed by atoms with Gasteiger partial charge in [0.25, 0.3) is 5.91 Å². The summed E-state index contributed by atoms with van der Waals surface area (Å²) in [4.78, 5) is 26.8. The summed E-state index contributed by atoms with van der Waals surface area (Å²) in [5.74, 6) is 0.379. The van der Waals surface area contributed by atoms with Crippen molar-refractivity contribution in [3.05, 3.63) is 77.5 Å². The van der Waals surface area contributed by atoms with Gasteiger partial charge in [0.05, 0.1) is 12.4 Å². The Kier molecular flexibility index (Phi) is 5.76. The number of rotatable bonds is 6. The molecule has 0 saturated heterocycles. The highest BCUT2D eigenvalue weighted by molar-refractivity contribution is 6.30. The fourth-order valence-electron chi connectivity index (χ4n) is 2.36. The fourth-order valence-corrected chi connectivity index (χ4v) is 2.55. The zero-order chi connectivity index (χ0) is 18.4. The summed E-state index contributed by atoms with van der Waals surface area (Å²) in [5.41, 5.74) is 2.07. The maximum atomic E-state index is 12.2. The Bertz CT molecular complexity index is 871. The summed E-state index contributed by atoms with van der Waals surface area (Å²) in [7, 11) is 1.94. The minimum absolute atomic E-state index is 0.247. The molecule has 26 heavy (non-hydrogen) atoms. The van der Waals surface area contributed by atoms with Crippen LogP contribution in [0.4, 0.5) is 11.5 Å². The molecular formula is C19H18ClN5O. The van der Waals surface area contributed by atoms with E-state index < -0.39 is 0 Å². The lowest BCUT2D eigenvalue weighted by molar-refractivity contribution is 0.102. The molecule has 1 aromatic carbocycles. The van der Waals surface area contributed by atoms with Gasteiger partial charge in [0.2, 0.25) is 0 Å². The van der Waals surface area contributed by atoms with Crippen molar-refractivity contribution in [2.75, 3.05) is 23.8 Å². The lowest BCUT2D eigenvalue weighted by atomic mass is 10.2. The van der Waals surface area contributed by atoms with E-state index in [1.807, 2.05) is 24.1 Å². The molecule has 0 bridgehead atoms. The van der Waals surface area contributed by atoms with Gasteiger partial charge in [-0.05, 0) is 42.3 Å². The van der Waals surface area contributed by atoms with Crippen molar-refractivity contribution in [1.29, 1.82) is 0 Å². The van der Waals surface area contributed by atoms with Gasteiger partial charge in [0.15, 0.2) is 0 Å². The van der Waals surface area contributed by atoms with Gasteiger partial charge in [-0.15, -0.1) is 0 Å². The third-order valence-corrected chi connectivity index (χ3v) is 4.06. The Morgan fingerprint density at radius 1 is 1.15 bits per heavy atom. The Labute approximate surface area is 156 Å². The third kappa shape index (κ3) is 4.77. The number of carbonyl (C=O) groups excluding carboxylic acids is 1. The van der Waals surface area contributed by atoms with Crippen LogP contribution in [0.5, 0.6) is 0 Å². The molecule has 2 aromatic heterocycles. The van der Waals surface area contributed by atoms with Gasteiger partial charge in [-0.2, -0.15) is 0 Å². The summed E-state index contributed by atoms with van der Waals surface area (Å²) in [6.45, 7) is 0.784. The molecule has 0 aliphatic carbocycles. The van der Waals surface area contributed by atoms with Gasteiger partial charge in [-0.1, -0.05) is 17.7 Å². The van der Waals surface area contributed by atoms with Crippen LogP contribution in [-0.4, -0.2) is 34.5 Å². The maximum absolute atomic E-state index is 12.2. The summed E-state index contributed by atoms with van der Waals surface area (Å²) in [6, 6.07) is 10.9. The lowest BCUT2D eigenvalue weighted by Gasteiger charge is -2.17. The first-order chi connectivity index (χ1) is 12.6. The topological polar surface area (TPSA) is 71.0 Å². The van der Waals surface area contributed by atoms with Crippen LogP contribution >= 0.6 is 11.6 Å². The number of amides is 1. The molecular weight excluding hydrogens is 350 g/mol. The normalized spacial score (nSPS) is 10.4. The van der Waals surface area contributed by atoms with E-state index in [9.17, 15) is 4.79 Å². The first kappa shape index (κ1) is 17.8. The molecule has 1 N–H and O–H groups in total. The number of halogens is 1. The predicted molar refractivity (Wildman–Crippen MR) is 103 cm³/mol. The number of hydrogen-bond acceptors (Lipinski definition) is 5. The fraction of sp³-hybridized carbons (Fsp3) is 0.158. The van der Waals surface area contributed by atoms with E-state index in [-0.39, 0.29) is 11.6 Å². The largest absolute Gasteiger partial charge is 0.358 e. The first-order valence-corrected chi connectivity index (χ1v) is 8.48. The number of likely N-dealkylation sites (N-methyl/N-ethyl adjacent to an activating group) is 1. The molecule has 0 unspecified atom stereocenters. The average molecular weight is 368 g/mol. The van der Waals surface area contributed by atoms with Crippen molar-refractivity contribution in [3.8, 4) is 0 Å². The predicted octanol–water partition coefficient (Wildman–Crippen LogP) is 3.46. The van der Waals surface area contributed by atoms with Crippen LogP contribution in [0, 0.1) is 0 Å². The van der Waals surface area contributed by atoms with Gasteiger partial charge in [-0.25, -0.2) is 9.97 Å². The highest BCUT2D eigenvalue weighted by atomic mass is 35.5. The minimum Gasteiger partial charge on any atom is -0.358 e. The quantitative estimate of drug-likeness (QED) is 0.722. The molecule has 7 heteroatoms. The summed E-state index contributed by atoms with van der Waals surface area (Å²) < 4.78 is 0. The van der Waals surface area contributed by atoms with Crippen LogP contribution in [-0.2, 0) is 6.42 Å². The molecule has 6 nitrogen and oxygen atoms in total. The van der Waals surface area contributed by atoms with Crippen molar-refractivity contribution < 1.29 is 4.79 Å². The average Bonchev–Trinajstić information content (AvgIpc) is 2.67. The van der Waals surface area contributed by atoms with Gasteiger partial charge in [-0.3, -0.25) is 9.78 Å². The Morgan fingerprint density at radius 2 is 1.96 bits per heavy atom. The number of aromatic nitrogens is 3. The summed E-state index contributed by atoms with van der Waals surface area (Å²) >= 11 is 5.92. The smallest absolute Gasteiger partial charge is 0.275 e. The Morgan fingerprint density at radius 3 is 2.65 bits per heavy atom. The molecule has 0 spiro atoms. The van der Waals surface area contributed by atoms with Gasteiger partial charge >= 0.3 is 0 Å². The van der Waals surface area contributed by atoms with E-state index >= 15 is 0 Å². The molecule has 1 amide bonds.